The van der Waals surface area contributed by atoms with E-state index in [0.29, 0.717) is 19.6 Å². The van der Waals surface area contributed by atoms with Crippen LogP contribution in [0.25, 0.3) is 0 Å². The molecule has 7 nitrogen and oxygen atoms in total. The lowest BCUT2D eigenvalue weighted by atomic mass is 9.93. The minimum atomic E-state index is -0.289. The molecule has 0 saturated carbocycles. The van der Waals surface area contributed by atoms with Crippen molar-refractivity contribution in [3.05, 3.63) is 29.8 Å². The number of piperidine rings is 1. The van der Waals surface area contributed by atoms with Crippen molar-refractivity contribution in [1.29, 1.82) is 0 Å². The number of piperazine rings is 1. The van der Waals surface area contributed by atoms with E-state index in [4.69, 9.17) is 0 Å². The van der Waals surface area contributed by atoms with Crippen LogP contribution in [0.1, 0.15) is 31.7 Å². The fourth-order valence-corrected chi connectivity index (χ4v) is 4.99. The lowest BCUT2D eigenvalue weighted by Gasteiger charge is -2.38. The summed E-state index contributed by atoms with van der Waals surface area (Å²) in [5.41, 5.74) is 2.01. The third-order valence-corrected chi connectivity index (χ3v) is 7.11. The van der Waals surface area contributed by atoms with Gasteiger partial charge in [0.2, 0.25) is 17.7 Å². The minimum absolute atomic E-state index is 0.0125. The van der Waals surface area contributed by atoms with Crippen LogP contribution in [-0.2, 0) is 14.4 Å². The van der Waals surface area contributed by atoms with Crippen molar-refractivity contribution in [2.75, 3.05) is 57.3 Å². The molecule has 0 bridgehead atoms. The van der Waals surface area contributed by atoms with E-state index in [0.717, 1.165) is 56.8 Å². The molecule has 1 atom stereocenters. The molecule has 0 aliphatic carbocycles. The van der Waals surface area contributed by atoms with Gasteiger partial charge in [-0.3, -0.25) is 14.4 Å². The smallest absolute Gasteiger partial charge is 0.228 e. The van der Waals surface area contributed by atoms with Crippen LogP contribution < -0.4 is 4.90 Å². The molecule has 168 valence electrons. The molecule has 0 radical (unpaired) electrons. The van der Waals surface area contributed by atoms with E-state index in [2.05, 4.69) is 11.8 Å². The van der Waals surface area contributed by atoms with Crippen LogP contribution in [0, 0.1) is 18.8 Å². The average Bonchev–Trinajstić information content (AvgIpc) is 3.20. The summed E-state index contributed by atoms with van der Waals surface area (Å²) in [7, 11) is 0. The Bertz CT molecular complexity index is 809. The van der Waals surface area contributed by atoms with Crippen molar-refractivity contribution in [2.24, 2.45) is 11.8 Å². The molecule has 4 rings (SSSR count). The highest BCUT2D eigenvalue weighted by Gasteiger charge is 2.39. The van der Waals surface area contributed by atoms with Crippen molar-refractivity contribution in [2.45, 2.75) is 33.1 Å². The summed E-state index contributed by atoms with van der Waals surface area (Å²) in [5.74, 6) is 0.0584. The first-order valence-electron chi connectivity index (χ1n) is 11.6. The number of carbonyl (C=O) groups is 3. The number of amides is 3. The number of benzene rings is 1. The molecular weight excluding hydrogens is 392 g/mol. The quantitative estimate of drug-likeness (QED) is 0.736. The van der Waals surface area contributed by atoms with E-state index >= 15 is 0 Å². The molecule has 3 aliphatic heterocycles. The van der Waals surface area contributed by atoms with E-state index < -0.39 is 0 Å². The molecule has 3 fully saturated rings. The van der Waals surface area contributed by atoms with Crippen LogP contribution in [0.5, 0.6) is 0 Å². The molecule has 3 amide bonds. The number of likely N-dealkylation sites (N-methyl/N-ethyl adjacent to an activating group) is 1. The van der Waals surface area contributed by atoms with E-state index in [9.17, 15) is 14.4 Å². The average molecular weight is 427 g/mol. The van der Waals surface area contributed by atoms with Gasteiger partial charge in [0.05, 0.1) is 5.92 Å². The Morgan fingerprint density at radius 1 is 0.871 bits per heavy atom. The Balaban J connectivity index is 1.28. The van der Waals surface area contributed by atoms with Crippen molar-refractivity contribution >= 4 is 23.4 Å². The summed E-state index contributed by atoms with van der Waals surface area (Å²) in [4.78, 5) is 46.5. The Morgan fingerprint density at radius 2 is 1.45 bits per heavy atom. The number of aryl methyl sites for hydroxylation is 1. The van der Waals surface area contributed by atoms with Gasteiger partial charge < -0.3 is 19.6 Å². The zero-order valence-electron chi connectivity index (χ0n) is 18.8. The summed E-state index contributed by atoms with van der Waals surface area (Å²) in [6.07, 6.45) is 1.72. The fourth-order valence-electron chi connectivity index (χ4n) is 4.99. The second-order valence-electron chi connectivity index (χ2n) is 9.10. The maximum Gasteiger partial charge on any atom is 0.228 e. The van der Waals surface area contributed by atoms with E-state index in [1.54, 1.807) is 4.90 Å². The summed E-state index contributed by atoms with van der Waals surface area (Å²) < 4.78 is 0. The van der Waals surface area contributed by atoms with E-state index in [-0.39, 0.29) is 36.0 Å². The van der Waals surface area contributed by atoms with Gasteiger partial charge in [0.15, 0.2) is 0 Å². The van der Waals surface area contributed by atoms with Gasteiger partial charge in [-0.15, -0.1) is 0 Å². The molecule has 3 aliphatic rings. The maximum atomic E-state index is 13.1. The summed E-state index contributed by atoms with van der Waals surface area (Å²) in [6.45, 7) is 10.4. The summed E-state index contributed by atoms with van der Waals surface area (Å²) in [6, 6.07) is 7.86. The predicted octanol–water partition coefficient (Wildman–Crippen LogP) is 1.75. The molecule has 0 unspecified atom stereocenters. The van der Waals surface area contributed by atoms with Gasteiger partial charge in [0, 0.05) is 63.8 Å². The van der Waals surface area contributed by atoms with Gasteiger partial charge in [0.25, 0.3) is 0 Å². The normalized spacial score (nSPS) is 23.5. The number of likely N-dealkylation sites (tertiary alicyclic amines) is 1. The first kappa shape index (κ1) is 21.8. The van der Waals surface area contributed by atoms with Gasteiger partial charge in [-0.25, -0.2) is 0 Å². The van der Waals surface area contributed by atoms with Crippen LogP contribution in [0.3, 0.4) is 0 Å². The highest BCUT2D eigenvalue weighted by molar-refractivity contribution is 6.00. The van der Waals surface area contributed by atoms with Gasteiger partial charge in [-0.1, -0.05) is 24.6 Å². The Labute approximate surface area is 185 Å². The number of anilines is 1. The Morgan fingerprint density at radius 3 is 2.06 bits per heavy atom. The van der Waals surface area contributed by atoms with Crippen LogP contribution in [0.15, 0.2) is 24.3 Å². The van der Waals surface area contributed by atoms with Crippen LogP contribution in [0.2, 0.25) is 0 Å². The second kappa shape index (κ2) is 9.39. The van der Waals surface area contributed by atoms with Crippen LogP contribution in [0.4, 0.5) is 5.69 Å². The standard InChI is InChI=1S/C24H34N4O3/c1-3-25-12-14-27(15-13-25)23(30)19-8-10-26(11-9-19)24(31)20-16-22(29)28(17-20)21-6-4-18(2)5-7-21/h4-7,19-20H,3,8-17H2,1-2H3/t20-/m0/s1. The third kappa shape index (κ3) is 4.76. The number of hydrogen-bond acceptors (Lipinski definition) is 4. The predicted molar refractivity (Wildman–Crippen MR) is 120 cm³/mol. The zero-order valence-corrected chi connectivity index (χ0v) is 18.8. The number of rotatable bonds is 4. The molecular formula is C24H34N4O3. The molecule has 1 aromatic rings. The van der Waals surface area contributed by atoms with Crippen molar-refractivity contribution < 1.29 is 14.4 Å². The van der Waals surface area contributed by atoms with Crippen molar-refractivity contribution in [3.8, 4) is 0 Å². The Hall–Kier alpha value is -2.41. The van der Waals surface area contributed by atoms with Crippen molar-refractivity contribution in [3.63, 3.8) is 0 Å². The topological polar surface area (TPSA) is 64.2 Å². The lowest BCUT2D eigenvalue weighted by molar-refractivity contribution is -0.143. The highest BCUT2D eigenvalue weighted by atomic mass is 16.2. The minimum Gasteiger partial charge on any atom is -0.342 e. The first-order valence-corrected chi connectivity index (χ1v) is 11.6. The molecule has 0 spiro atoms. The first-order chi connectivity index (χ1) is 15.0. The van der Waals surface area contributed by atoms with Gasteiger partial charge in [-0.05, 0) is 38.4 Å². The second-order valence-corrected chi connectivity index (χ2v) is 9.10. The Kier molecular flexibility index (Phi) is 6.60. The van der Waals surface area contributed by atoms with E-state index in [1.165, 1.54) is 0 Å². The highest BCUT2D eigenvalue weighted by Crippen LogP contribution is 2.28. The SMILES string of the molecule is CCN1CCN(C(=O)C2CCN(C(=O)[C@H]3CC(=O)N(c4ccc(C)cc4)C3)CC2)CC1. The van der Waals surface area contributed by atoms with Crippen LogP contribution in [-0.4, -0.2) is 84.8 Å². The number of nitrogens with zero attached hydrogens (tertiary/aromatic N) is 4. The van der Waals surface area contributed by atoms with Gasteiger partial charge in [-0.2, -0.15) is 0 Å². The fraction of sp³-hybridized carbons (Fsp3) is 0.625. The third-order valence-electron chi connectivity index (χ3n) is 7.11. The largest absolute Gasteiger partial charge is 0.342 e. The molecule has 7 heteroatoms. The molecule has 3 saturated heterocycles. The zero-order chi connectivity index (χ0) is 22.0. The molecule has 0 aromatic heterocycles. The monoisotopic (exact) mass is 426 g/mol. The molecule has 0 N–H and O–H groups in total. The molecule has 1 aromatic carbocycles. The number of carbonyl (C=O) groups excluding carboxylic acids is 3. The number of hydrogen-bond donors (Lipinski definition) is 0. The summed E-state index contributed by atoms with van der Waals surface area (Å²) in [5, 5.41) is 0. The van der Waals surface area contributed by atoms with Gasteiger partial charge >= 0.3 is 0 Å². The molecule has 31 heavy (non-hydrogen) atoms. The molecule has 3 heterocycles. The van der Waals surface area contributed by atoms with Crippen LogP contribution >= 0.6 is 0 Å². The summed E-state index contributed by atoms with van der Waals surface area (Å²) >= 11 is 0. The maximum absolute atomic E-state index is 13.1. The van der Waals surface area contributed by atoms with Crippen molar-refractivity contribution in [1.82, 2.24) is 14.7 Å². The van der Waals surface area contributed by atoms with E-state index in [1.807, 2.05) is 41.0 Å². The van der Waals surface area contributed by atoms with Gasteiger partial charge in [0.1, 0.15) is 0 Å². The lowest BCUT2D eigenvalue weighted by Crippen LogP contribution is -2.52.